The molecule has 5 heteroatoms. The first kappa shape index (κ1) is 17.5. The van der Waals surface area contributed by atoms with Gasteiger partial charge in [-0.15, -0.1) is 0 Å². The van der Waals surface area contributed by atoms with E-state index in [1.54, 1.807) is 0 Å². The second-order valence-corrected chi connectivity index (χ2v) is 8.26. The number of piperidine rings is 1. The fourth-order valence-corrected chi connectivity index (χ4v) is 4.71. The van der Waals surface area contributed by atoms with Gasteiger partial charge in [0, 0.05) is 23.2 Å². The van der Waals surface area contributed by atoms with E-state index in [1.807, 2.05) is 24.3 Å². The fourth-order valence-electron chi connectivity index (χ4n) is 4.71. The van der Waals surface area contributed by atoms with Gasteiger partial charge < -0.3 is 16.0 Å². The Kier molecular flexibility index (Phi) is 4.98. The summed E-state index contributed by atoms with van der Waals surface area (Å²) in [4.78, 5) is 25.0. The van der Waals surface area contributed by atoms with Gasteiger partial charge in [-0.25, -0.2) is 0 Å². The van der Waals surface area contributed by atoms with Crippen molar-refractivity contribution in [1.82, 2.24) is 5.32 Å². The number of carbonyl (C=O) groups is 2. The lowest BCUT2D eigenvalue weighted by molar-refractivity contribution is -0.120. The van der Waals surface area contributed by atoms with E-state index in [4.69, 9.17) is 0 Å². The van der Waals surface area contributed by atoms with E-state index in [0.717, 1.165) is 69.4 Å². The van der Waals surface area contributed by atoms with Crippen molar-refractivity contribution in [3.8, 4) is 0 Å². The Bertz CT molecular complexity index is 676. The van der Waals surface area contributed by atoms with E-state index in [9.17, 15) is 9.59 Å². The third kappa shape index (κ3) is 3.78. The molecular weight excluding hydrogens is 326 g/mol. The molecule has 1 aromatic rings. The van der Waals surface area contributed by atoms with Gasteiger partial charge in [-0.2, -0.15) is 0 Å². The first-order valence-electron chi connectivity index (χ1n) is 10.1. The van der Waals surface area contributed by atoms with Gasteiger partial charge in [0.15, 0.2) is 0 Å². The normalized spacial score (nSPS) is 24.8. The molecule has 0 bridgehead atoms. The van der Waals surface area contributed by atoms with Crippen molar-refractivity contribution >= 4 is 23.2 Å². The number of carbonyl (C=O) groups excluding carboxylic acids is 2. The standard InChI is InChI=1S/C21H29N3O2/c25-19(15-5-2-1-3-6-15)23-16-7-4-8-17(13-16)24-20(26)18-14-21(18)9-11-22-12-10-21/h4,7-8,13,15,18,22H,1-3,5-6,9-12,14H2,(H,23,25)(H,24,26). The maximum Gasteiger partial charge on any atom is 0.228 e. The van der Waals surface area contributed by atoms with Crippen molar-refractivity contribution in [2.24, 2.45) is 17.3 Å². The maximum atomic E-state index is 12.6. The highest BCUT2D eigenvalue weighted by Gasteiger charge is 2.57. The minimum Gasteiger partial charge on any atom is -0.326 e. The molecule has 1 atom stereocenters. The van der Waals surface area contributed by atoms with E-state index < -0.39 is 0 Å². The van der Waals surface area contributed by atoms with Gasteiger partial charge in [0.25, 0.3) is 0 Å². The molecular formula is C21H29N3O2. The van der Waals surface area contributed by atoms with Crippen LogP contribution in [0.1, 0.15) is 51.4 Å². The lowest BCUT2D eigenvalue weighted by Crippen LogP contribution is -2.31. The summed E-state index contributed by atoms with van der Waals surface area (Å²) in [6, 6.07) is 7.54. The van der Waals surface area contributed by atoms with Gasteiger partial charge in [0.1, 0.15) is 0 Å². The molecule has 2 aliphatic carbocycles. The highest BCUT2D eigenvalue weighted by atomic mass is 16.2. The predicted octanol–water partition coefficient (Wildman–Crippen LogP) is 3.53. The molecule has 2 saturated carbocycles. The summed E-state index contributed by atoms with van der Waals surface area (Å²) < 4.78 is 0. The molecule has 0 aromatic heterocycles. The van der Waals surface area contributed by atoms with E-state index in [0.29, 0.717) is 0 Å². The molecule has 3 N–H and O–H groups in total. The Balaban J connectivity index is 1.34. The molecule has 3 aliphatic rings. The molecule has 1 spiro atoms. The van der Waals surface area contributed by atoms with Crippen molar-refractivity contribution < 1.29 is 9.59 Å². The van der Waals surface area contributed by atoms with Crippen molar-refractivity contribution in [3.63, 3.8) is 0 Å². The molecule has 5 nitrogen and oxygen atoms in total. The summed E-state index contributed by atoms with van der Waals surface area (Å²) in [6.07, 6.45) is 8.72. The summed E-state index contributed by atoms with van der Waals surface area (Å²) in [5, 5.41) is 9.46. The Hall–Kier alpha value is -1.88. The second kappa shape index (κ2) is 7.39. The predicted molar refractivity (Wildman–Crippen MR) is 103 cm³/mol. The molecule has 1 heterocycles. The van der Waals surface area contributed by atoms with Crippen LogP contribution in [0.2, 0.25) is 0 Å². The van der Waals surface area contributed by atoms with Crippen LogP contribution in [0.4, 0.5) is 11.4 Å². The van der Waals surface area contributed by atoms with Crippen LogP contribution in [0.25, 0.3) is 0 Å². The zero-order chi connectivity index (χ0) is 18.0. The van der Waals surface area contributed by atoms with Crippen molar-refractivity contribution in [2.75, 3.05) is 23.7 Å². The Labute approximate surface area is 155 Å². The largest absolute Gasteiger partial charge is 0.326 e. The van der Waals surface area contributed by atoms with Crippen LogP contribution >= 0.6 is 0 Å². The molecule has 1 aromatic carbocycles. The summed E-state index contributed by atoms with van der Waals surface area (Å²) in [7, 11) is 0. The third-order valence-corrected chi connectivity index (χ3v) is 6.48. The van der Waals surface area contributed by atoms with Crippen LogP contribution in [0.5, 0.6) is 0 Å². The van der Waals surface area contributed by atoms with Crippen molar-refractivity contribution in [3.05, 3.63) is 24.3 Å². The lowest BCUT2D eigenvalue weighted by Gasteiger charge is -2.23. The fraction of sp³-hybridized carbons (Fsp3) is 0.619. The Morgan fingerprint density at radius 1 is 0.962 bits per heavy atom. The van der Waals surface area contributed by atoms with E-state index in [1.165, 1.54) is 6.42 Å². The smallest absolute Gasteiger partial charge is 0.228 e. The molecule has 26 heavy (non-hydrogen) atoms. The SMILES string of the molecule is O=C(Nc1cccc(NC(=O)C2CC23CCNCC3)c1)C1CCCCC1. The number of anilines is 2. The maximum absolute atomic E-state index is 12.6. The number of rotatable bonds is 4. The van der Waals surface area contributed by atoms with Crippen LogP contribution in [0.15, 0.2) is 24.3 Å². The van der Waals surface area contributed by atoms with Gasteiger partial charge in [-0.1, -0.05) is 25.3 Å². The number of hydrogen-bond donors (Lipinski definition) is 3. The highest BCUT2D eigenvalue weighted by Crippen LogP contribution is 2.58. The zero-order valence-electron chi connectivity index (χ0n) is 15.4. The Morgan fingerprint density at radius 3 is 2.31 bits per heavy atom. The first-order valence-corrected chi connectivity index (χ1v) is 10.1. The van der Waals surface area contributed by atoms with Crippen LogP contribution in [-0.4, -0.2) is 24.9 Å². The van der Waals surface area contributed by atoms with Crippen LogP contribution in [0.3, 0.4) is 0 Å². The van der Waals surface area contributed by atoms with Crippen molar-refractivity contribution in [1.29, 1.82) is 0 Å². The topological polar surface area (TPSA) is 70.2 Å². The number of amides is 2. The molecule has 0 radical (unpaired) electrons. The summed E-state index contributed by atoms with van der Waals surface area (Å²) in [5.41, 5.74) is 1.78. The molecule has 3 fully saturated rings. The first-order chi connectivity index (χ1) is 12.7. The lowest BCUT2D eigenvalue weighted by atomic mass is 9.88. The van der Waals surface area contributed by atoms with Crippen molar-refractivity contribution in [2.45, 2.75) is 51.4 Å². The molecule has 140 valence electrons. The second-order valence-electron chi connectivity index (χ2n) is 8.26. The van der Waals surface area contributed by atoms with Gasteiger partial charge >= 0.3 is 0 Å². The summed E-state index contributed by atoms with van der Waals surface area (Å²) >= 11 is 0. The number of hydrogen-bond acceptors (Lipinski definition) is 3. The molecule has 1 aliphatic heterocycles. The molecule has 2 amide bonds. The molecule has 1 saturated heterocycles. The van der Waals surface area contributed by atoms with Gasteiger partial charge in [-0.05, 0) is 68.8 Å². The van der Waals surface area contributed by atoms with Crippen LogP contribution in [0, 0.1) is 17.3 Å². The minimum absolute atomic E-state index is 0.115. The Morgan fingerprint density at radius 2 is 1.62 bits per heavy atom. The van der Waals surface area contributed by atoms with Gasteiger partial charge in [0.2, 0.25) is 11.8 Å². The molecule has 1 unspecified atom stereocenters. The van der Waals surface area contributed by atoms with Gasteiger partial charge in [0.05, 0.1) is 0 Å². The third-order valence-electron chi connectivity index (χ3n) is 6.48. The minimum atomic E-state index is 0.115. The van der Waals surface area contributed by atoms with Gasteiger partial charge in [-0.3, -0.25) is 9.59 Å². The quantitative estimate of drug-likeness (QED) is 0.774. The van der Waals surface area contributed by atoms with E-state index in [2.05, 4.69) is 16.0 Å². The number of benzene rings is 1. The average Bonchev–Trinajstić information content (AvgIpc) is 3.36. The zero-order valence-corrected chi connectivity index (χ0v) is 15.4. The summed E-state index contributed by atoms with van der Waals surface area (Å²) in [5.74, 6) is 0.519. The van der Waals surface area contributed by atoms with Crippen LogP contribution < -0.4 is 16.0 Å². The van der Waals surface area contributed by atoms with E-state index >= 15 is 0 Å². The monoisotopic (exact) mass is 355 g/mol. The highest BCUT2D eigenvalue weighted by molar-refractivity contribution is 5.97. The van der Waals surface area contributed by atoms with Crippen LogP contribution in [-0.2, 0) is 9.59 Å². The number of nitrogens with one attached hydrogen (secondary N) is 3. The molecule has 4 rings (SSSR count). The summed E-state index contributed by atoms with van der Waals surface area (Å²) in [6.45, 7) is 2.04. The average molecular weight is 355 g/mol. The van der Waals surface area contributed by atoms with E-state index in [-0.39, 0.29) is 29.1 Å².